The normalized spacial score (nSPS) is 19.6. The molecule has 1 aromatic carbocycles. The molecule has 0 aromatic heterocycles. The van der Waals surface area contributed by atoms with Crippen molar-refractivity contribution in [1.82, 2.24) is 20.4 Å². The first-order valence-electron chi connectivity index (χ1n) is 10.1. The van der Waals surface area contributed by atoms with Gasteiger partial charge >= 0.3 is 12.6 Å². The molecule has 29 heavy (non-hydrogen) atoms. The van der Waals surface area contributed by atoms with Gasteiger partial charge in [0.2, 0.25) is 5.91 Å². The Kier molecular flexibility index (Phi) is 7.24. The topological polar surface area (TPSA) is 73.9 Å². The molecule has 1 atom stereocenters. The number of halogens is 2. The molecule has 0 spiro atoms. The molecule has 9 heteroatoms. The molecule has 0 saturated carbocycles. The average Bonchev–Trinajstić information content (AvgIpc) is 2.68. The van der Waals surface area contributed by atoms with Crippen LogP contribution in [0, 0.1) is 0 Å². The zero-order valence-corrected chi connectivity index (χ0v) is 16.6. The second-order valence-corrected chi connectivity index (χ2v) is 7.35. The van der Waals surface area contributed by atoms with Gasteiger partial charge in [-0.3, -0.25) is 9.69 Å². The Hall–Kier alpha value is -2.42. The van der Waals surface area contributed by atoms with Crippen LogP contribution in [0.25, 0.3) is 0 Å². The number of nitrogens with zero attached hydrogens (tertiary/aromatic N) is 2. The number of ether oxygens (including phenoxy) is 1. The maximum Gasteiger partial charge on any atom is 0.387 e. The van der Waals surface area contributed by atoms with Crippen LogP contribution in [0.1, 0.15) is 36.9 Å². The van der Waals surface area contributed by atoms with Crippen molar-refractivity contribution in [2.45, 2.75) is 38.8 Å². The number of carbonyl (C=O) groups excluding carboxylic acids is 2. The number of likely N-dealkylation sites (N-methyl/N-ethyl adjacent to an activating group) is 1. The Morgan fingerprint density at radius 2 is 2.00 bits per heavy atom. The number of piperazine rings is 1. The summed E-state index contributed by atoms with van der Waals surface area (Å²) in [5.41, 5.74) is 1.90. The molecule has 1 fully saturated rings. The van der Waals surface area contributed by atoms with Crippen molar-refractivity contribution in [2.75, 3.05) is 39.3 Å². The minimum Gasteiger partial charge on any atom is -0.435 e. The lowest BCUT2D eigenvalue weighted by Gasteiger charge is -2.36. The summed E-state index contributed by atoms with van der Waals surface area (Å²) in [5.74, 6) is 0.147. The van der Waals surface area contributed by atoms with Gasteiger partial charge in [0.05, 0.1) is 12.6 Å². The van der Waals surface area contributed by atoms with E-state index < -0.39 is 6.61 Å². The Bertz CT molecular complexity index is 724. The third kappa shape index (κ3) is 5.79. The molecule has 3 amide bonds. The number of carbonyl (C=O) groups is 2. The number of aryl methyl sites for hydroxylation is 1. The average molecular weight is 410 g/mol. The van der Waals surface area contributed by atoms with E-state index in [1.807, 2.05) is 11.8 Å². The SMILES string of the molecule is CCNC(=O)CN1CCN(C(=O)NC2CCCc3cc(OC(F)F)ccc32)CC1. The van der Waals surface area contributed by atoms with Gasteiger partial charge in [0, 0.05) is 32.7 Å². The minimum absolute atomic E-state index is 0.000551. The van der Waals surface area contributed by atoms with Gasteiger partial charge < -0.3 is 20.3 Å². The Balaban J connectivity index is 1.54. The van der Waals surface area contributed by atoms with E-state index in [4.69, 9.17) is 0 Å². The summed E-state index contributed by atoms with van der Waals surface area (Å²) < 4.78 is 29.3. The molecule has 1 heterocycles. The van der Waals surface area contributed by atoms with Gasteiger partial charge in [0.15, 0.2) is 0 Å². The summed E-state index contributed by atoms with van der Waals surface area (Å²) in [4.78, 5) is 28.2. The number of fused-ring (bicyclic) bond motifs is 1. The highest BCUT2D eigenvalue weighted by molar-refractivity contribution is 5.78. The van der Waals surface area contributed by atoms with Gasteiger partial charge in [-0.05, 0) is 49.4 Å². The molecule has 1 aliphatic carbocycles. The van der Waals surface area contributed by atoms with E-state index in [0.29, 0.717) is 39.3 Å². The minimum atomic E-state index is -2.85. The van der Waals surface area contributed by atoms with Crippen LogP contribution in [0.2, 0.25) is 0 Å². The van der Waals surface area contributed by atoms with Crippen LogP contribution in [0.5, 0.6) is 5.75 Å². The number of alkyl halides is 2. The largest absolute Gasteiger partial charge is 0.435 e. The van der Waals surface area contributed by atoms with E-state index in [9.17, 15) is 18.4 Å². The lowest BCUT2D eigenvalue weighted by molar-refractivity contribution is -0.122. The first-order valence-corrected chi connectivity index (χ1v) is 10.1. The van der Waals surface area contributed by atoms with Crippen molar-refractivity contribution in [2.24, 2.45) is 0 Å². The summed E-state index contributed by atoms with van der Waals surface area (Å²) in [6.45, 7) is 2.43. The highest BCUT2D eigenvalue weighted by atomic mass is 19.3. The molecule has 160 valence electrons. The third-order valence-corrected chi connectivity index (χ3v) is 5.35. The van der Waals surface area contributed by atoms with Gasteiger partial charge in [0.1, 0.15) is 5.75 Å². The van der Waals surface area contributed by atoms with Crippen molar-refractivity contribution < 1.29 is 23.1 Å². The van der Waals surface area contributed by atoms with E-state index in [1.54, 1.807) is 17.0 Å². The zero-order chi connectivity index (χ0) is 20.8. The Labute approximate surface area is 169 Å². The predicted molar refractivity (Wildman–Crippen MR) is 104 cm³/mol. The van der Waals surface area contributed by atoms with Crippen LogP contribution in [-0.2, 0) is 11.2 Å². The fourth-order valence-electron chi connectivity index (χ4n) is 3.92. The molecule has 1 aliphatic heterocycles. The number of hydrogen-bond acceptors (Lipinski definition) is 4. The van der Waals surface area contributed by atoms with Crippen LogP contribution >= 0.6 is 0 Å². The third-order valence-electron chi connectivity index (χ3n) is 5.35. The van der Waals surface area contributed by atoms with Crippen LogP contribution in [-0.4, -0.2) is 67.6 Å². The maximum absolute atomic E-state index is 12.7. The molecule has 2 N–H and O–H groups in total. The highest BCUT2D eigenvalue weighted by Gasteiger charge is 2.27. The molecular formula is C20H28F2N4O3. The molecule has 0 radical (unpaired) electrons. The quantitative estimate of drug-likeness (QED) is 0.754. The summed E-state index contributed by atoms with van der Waals surface area (Å²) in [6, 6.07) is 4.66. The van der Waals surface area contributed by atoms with Gasteiger partial charge in [-0.15, -0.1) is 0 Å². The number of hydrogen-bond donors (Lipinski definition) is 2. The van der Waals surface area contributed by atoms with Crippen LogP contribution in [0.15, 0.2) is 18.2 Å². The van der Waals surface area contributed by atoms with Gasteiger partial charge in [-0.25, -0.2) is 4.79 Å². The molecule has 1 saturated heterocycles. The summed E-state index contributed by atoms with van der Waals surface area (Å²) in [7, 11) is 0. The van der Waals surface area contributed by atoms with Gasteiger partial charge in [-0.2, -0.15) is 8.78 Å². The van der Waals surface area contributed by atoms with Gasteiger partial charge in [-0.1, -0.05) is 6.07 Å². The van der Waals surface area contributed by atoms with E-state index in [1.165, 1.54) is 6.07 Å². The number of nitrogens with one attached hydrogen (secondary N) is 2. The number of benzene rings is 1. The van der Waals surface area contributed by atoms with E-state index in [-0.39, 0.29) is 23.7 Å². The summed E-state index contributed by atoms with van der Waals surface area (Å²) >= 11 is 0. The molecule has 2 aliphatic rings. The lowest BCUT2D eigenvalue weighted by Crippen LogP contribution is -2.53. The number of urea groups is 1. The van der Waals surface area contributed by atoms with Crippen LogP contribution in [0.4, 0.5) is 13.6 Å². The lowest BCUT2D eigenvalue weighted by atomic mass is 9.87. The van der Waals surface area contributed by atoms with E-state index >= 15 is 0 Å². The highest BCUT2D eigenvalue weighted by Crippen LogP contribution is 2.32. The molecule has 0 bridgehead atoms. The van der Waals surface area contributed by atoms with Crippen molar-refractivity contribution in [3.05, 3.63) is 29.3 Å². The first-order chi connectivity index (χ1) is 14.0. The molecule has 1 aromatic rings. The second-order valence-electron chi connectivity index (χ2n) is 7.35. The van der Waals surface area contributed by atoms with E-state index in [0.717, 1.165) is 30.4 Å². The maximum atomic E-state index is 12.7. The standard InChI is InChI=1S/C20H28F2N4O3/c1-2-23-18(27)13-25-8-10-26(11-9-25)20(28)24-17-5-3-4-14-12-15(29-19(21)22)6-7-16(14)17/h6-7,12,17,19H,2-5,8-11,13H2,1H3,(H,23,27)(H,24,28). The molecular weight excluding hydrogens is 382 g/mol. The molecule has 7 nitrogen and oxygen atoms in total. The number of amides is 3. The first kappa shape index (κ1) is 21.3. The molecule has 3 rings (SSSR count). The fraction of sp³-hybridized carbons (Fsp3) is 0.600. The monoisotopic (exact) mass is 410 g/mol. The zero-order valence-electron chi connectivity index (χ0n) is 16.6. The summed E-state index contributed by atoms with van der Waals surface area (Å²) in [6.07, 6.45) is 2.46. The van der Waals surface area contributed by atoms with Crippen molar-refractivity contribution >= 4 is 11.9 Å². The molecule has 1 unspecified atom stereocenters. The van der Waals surface area contributed by atoms with Crippen LogP contribution < -0.4 is 15.4 Å². The van der Waals surface area contributed by atoms with Crippen molar-refractivity contribution in [3.8, 4) is 5.75 Å². The Morgan fingerprint density at radius 3 is 2.69 bits per heavy atom. The summed E-state index contributed by atoms with van der Waals surface area (Å²) in [5, 5.41) is 5.86. The Morgan fingerprint density at radius 1 is 1.24 bits per heavy atom. The van der Waals surface area contributed by atoms with E-state index in [2.05, 4.69) is 15.4 Å². The predicted octanol–water partition coefficient (Wildman–Crippen LogP) is 2.13. The number of rotatable bonds is 6. The van der Waals surface area contributed by atoms with Crippen LogP contribution in [0.3, 0.4) is 0 Å². The fourth-order valence-corrected chi connectivity index (χ4v) is 3.92. The second kappa shape index (κ2) is 9.87. The van der Waals surface area contributed by atoms with Gasteiger partial charge in [0.25, 0.3) is 0 Å². The van der Waals surface area contributed by atoms with Crippen molar-refractivity contribution in [1.29, 1.82) is 0 Å². The van der Waals surface area contributed by atoms with Crippen molar-refractivity contribution in [3.63, 3.8) is 0 Å². The smallest absolute Gasteiger partial charge is 0.387 e.